The molecule has 0 heterocycles. The van der Waals surface area contributed by atoms with Crippen LogP contribution in [-0.4, -0.2) is 37.7 Å². The molecule has 0 bridgehead atoms. The van der Waals surface area contributed by atoms with Gasteiger partial charge in [0.15, 0.2) is 0 Å². The summed E-state index contributed by atoms with van der Waals surface area (Å²) in [5.41, 5.74) is 2.63. The van der Waals surface area contributed by atoms with E-state index in [4.69, 9.17) is 4.74 Å². The van der Waals surface area contributed by atoms with Gasteiger partial charge in [0.05, 0.1) is 19.1 Å². The molecule has 0 rings (SSSR count). The average Bonchev–Trinajstić information content (AvgIpc) is 1.84. The largest absolute Gasteiger partial charge is 0.378 e. The molecular weight excluding hydrogens is 156 g/mol. The lowest BCUT2D eigenvalue weighted by molar-refractivity contribution is -0.126. The van der Waals surface area contributed by atoms with Crippen LogP contribution in [0.25, 0.3) is 0 Å². The maximum Gasteiger partial charge on any atom is 0.236 e. The Labute approximate surface area is 73.8 Å². The minimum atomic E-state index is -0.0133. The zero-order valence-corrected chi connectivity index (χ0v) is 8.26. The molecule has 0 unspecified atom stereocenters. The van der Waals surface area contributed by atoms with Crippen molar-refractivity contribution in [3.05, 3.63) is 0 Å². The number of hydrogen-bond donors (Lipinski definition) is 1. The molecule has 0 aromatic carbocycles. The molecule has 4 heteroatoms. The first-order chi connectivity index (χ1) is 5.52. The number of amides is 1. The highest BCUT2D eigenvalue weighted by Gasteiger charge is 2.01. The van der Waals surface area contributed by atoms with Gasteiger partial charge in [-0.1, -0.05) is 0 Å². The van der Waals surface area contributed by atoms with E-state index in [1.165, 1.54) is 0 Å². The van der Waals surface area contributed by atoms with E-state index in [1.54, 1.807) is 19.1 Å². The highest BCUT2D eigenvalue weighted by atomic mass is 16.5. The lowest BCUT2D eigenvalue weighted by Crippen LogP contribution is -2.36. The van der Waals surface area contributed by atoms with Gasteiger partial charge in [-0.3, -0.25) is 10.2 Å². The molecule has 4 nitrogen and oxygen atoms in total. The number of nitrogens with zero attached hydrogens (tertiary/aromatic N) is 1. The third kappa shape index (κ3) is 7.50. The van der Waals surface area contributed by atoms with E-state index < -0.39 is 0 Å². The lowest BCUT2D eigenvalue weighted by Gasteiger charge is -2.12. The van der Waals surface area contributed by atoms with Crippen molar-refractivity contribution in [3.63, 3.8) is 0 Å². The molecule has 0 saturated heterocycles. The van der Waals surface area contributed by atoms with Crippen molar-refractivity contribution in [2.45, 2.75) is 26.4 Å². The zero-order valence-electron chi connectivity index (χ0n) is 8.26. The standard InChI is InChI=1S/C8H18N2O2/c1-7(2)12-6-5-8(11)9-10(3)4/h7H,5-6H2,1-4H3,(H,9,11). The van der Waals surface area contributed by atoms with E-state index in [-0.39, 0.29) is 12.0 Å². The molecule has 0 aliphatic rings. The fraction of sp³-hybridized carbons (Fsp3) is 0.875. The highest BCUT2D eigenvalue weighted by Crippen LogP contribution is 1.90. The summed E-state index contributed by atoms with van der Waals surface area (Å²) in [6, 6.07) is 0. The van der Waals surface area contributed by atoms with Gasteiger partial charge in [0.1, 0.15) is 0 Å². The van der Waals surface area contributed by atoms with Gasteiger partial charge in [-0.05, 0) is 13.8 Å². The molecule has 12 heavy (non-hydrogen) atoms. The summed E-state index contributed by atoms with van der Waals surface area (Å²) in [7, 11) is 3.56. The molecule has 0 aliphatic heterocycles. The van der Waals surface area contributed by atoms with Crippen LogP contribution < -0.4 is 5.43 Å². The highest BCUT2D eigenvalue weighted by molar-refractivity contribution is 5.75. The fourth-order valence-corrected chi connectivity index (χ4v) is 0.693. The van der Waals surface area contributed by atoms with Crippen LogP contribution >= 0.6 is 0 Å². The second-order valence-corrected chi connectivity index (χ2v) is 3.10. The predicted octanol–water partition coefficient (Wildman–Crippen LogP) is 0.394. The van der Waals surface area contributed by atoms with Crippen molar-refractivity contribution in [3.8, 4) is 0 Å². The predicted molar refractivity (Wildman–Crippen MR) is 47.5 cm³/mol. The Hall–Kier alpha value is -0.610. The Morgan fingerprint density at radius 2 is 2.08 bits per heavy atom. The van der Waals surface area contributed by atoms with Crippen LogP contribution in [0.4, 0.5) is 0 Å². The number of carbonyl (C=O) groups is 1. The molecular formula is C8H18N2O2. The van der Waals surface area contributed by atoms with Crippen LogP contribution in [0.5, 0.6) is 0 Å². The summed E-state index contributed by atoms with van der Waals surface area (Å²) in [6.07, 6.45) is 0.605. The Kier molecular flexibility index (Phi) is 5.66. The first kappa shape index (κ1) is 11.4. The molecule has 0 atom stereocenters. The van der Waals surface area contributed by atoms with Gasteiger partial charge in [0, 0.05) is 14.1 Å². The van der Waals surface area contributed by atoms with Crippen LogP contribution in [0.15, 0.2) is 0 Å². The van der Waals surface area contributed by atoms with E-state index in [1.807, 2.05) is 13.8 Å². The Morgan fingerprint density at radius 1 is 1.50 bits per heavy atom. The van der Waals surface area contributed by atoms with Crippen molar-refractivity contribution in [1.29, 1.82) is 0 Å². The molecule has 0 spiro atoms. The van der Waals surface area contributed by atoms with E-state index in [2.05, 4.69) is 5.43 Å². The lowest BCUT2D eigenvalue weighted by atomic mass is 10.4. The van der Waals surface area contributed by atoms with Crippen LogP contribution in [-0.2, 0) is 9.53 Å². The Balaban J connectivity index is 3.32. The summed E-state index contributed by atoms with van der Waals surface area (Å²) >= 11 is 0. The number of nitrogens with one attached hydrogen (secondary N) is 1. The van der Waals surface area contributed by atoms with E-state index in [0.717, 1.165) is 0 Å². The SMILES string of the molecule is CC(C)OCCC(=O)NN(C)C. The van der Waals surface area contributed by atoms with Gasteiger partial charge in [-0.15, -0.1) is 0 Å². The van der Waals surface area contributed by atoms with E-state index in [9.17, 15) is 4.79 Å². The van der Waals surface area contributed by atoms with Gasteiger partial charge in [-0.2, -0.15) is 0 Å². The molecule has 0 aliphatic carbocycles. The van der Waals surface area contributed by atoms with Crippen LogP contribution in [0.2, 0.25) is 0 Å². The number of carbonyl (C=O) groups excluding carboxylic acids is 1. The molecule has 72 valence electrons. The quantitative estimate of drug-likeness (QED) is 0.613. The normalized spacial score (nSPS) is 10.8. The smallest absolute Gasteiger partial charge is 0.236 e. The third-order valence-electron chi connectivity index (χ3n) is 1.13. The van der Waals surface area contributed by atoms with Crippen molar-refractivity contribution >= 4 is 5.91 Å². The van der Waals surface area contributed by atoms with Crippen molar-refractivity contribution in [1.82, 2.24) is 10.4 Å². The number of ether oxygens (including phenoxy) is 1. The summed E-state index contributed by atoms with van der Waals surface area (Å²) in [5.74, 6) is -0.0133. The minimum Gasteiger partial charge on any atom is -0.378 e. The van der Waals surface area contributed by atoms with Crippen LogP contribution in [0.3, 0.4) is 0 Å². The van der Waals surface area contributed by atoms with Crippen molar-refractivity contribution < 1.29 is 9.53 Å². The second-order valence-electron chi connectivity index (χ2n) is 3.10. The van der Waals surface area contributed by atoms with Crippen molar-refractivity contribution in [2.75, 3.05) is 20.7 Å². The maximum atomic E-state index is 11.0. The van der Waals surface area contributed by atoms with Gasteiger partial charge in [0.25, 0.3) is 0 Å². The summed E-state index contributed by atoms with van der Waals surface area (Å²) < 4.78 is 5.21. The van der Waals surface area contributed by atoms with E-state index in [0.29, 0.717) is 13.0 Å². The van der Waals surface area contributed by atoms with E-state index >= 15 is 0 Å². The molecule has 0 aromatic heterocycles. The summed E-state index contributed by atoms with van der Waals surface area (Å²) in [6.45, 7) is 4.38. The van der Waals surface area contributed by atoms with Crippen LogP contribution in [0, 0.1) is 0 Å². The summed E-state index contributed by atoms with van der Waals surface area (Å²) in [5, 5.41) is 1.62. The first-order valence-corrected chi connectivity index (χ1v) is 4.10. The number of hydrogen-bond acceptors (Lipinski definition) is 3. The van der Waals surface area contributed by atoms with Gasteiger partial charge >= 0.3 is 0 Å². The Morgan fingerprint density at radius 3 is 2.50 bits per heavy atom. The topological polar surface area (TPSA) is 41.6 Å². The second kappa shape index (κ2) is 5.97. The molecule has 0 radical (unpaired) electrons. The van der Waals surface area contributed by atoms with Crippen molar-refractivity contribution in [2.24, 2.45) is 0 Å². The third-order valence-corrected chi connectivity index (χ3v) is 1.13. The first-order valence-electron chi connectivity index (χ1n) is 4.10. The maximum absolute atomic E-state index is 11.0. The van der Waals surface area contributed by atoms with Gasteiger partial charge in [-0.25, -0.2) is 5.01 Å². The monoisotopic (exact) mass is 174 g/mol. The summed E-state index contributed by atoms with van der Waals surface area (Å²) in [4.78, 5) is 11.0. The molecule has 1 N–H and O–H groups in total. The van der Waals surface area contributed by atoms with Gasteiger partial charge < -0.3 is 4.74 Å². The van der Waals surface area contributed by atoms with Crippen LogP contribution in [0.1, 0.15) is 20.3 Å². The Bertz CT molecular complexity index is 135. The fourth-order valence-electron chi connectivity index (χ4n) is 0.693. The minimum absolute atomic E-state index is 0.0133. The molecule has 0 aromatic rings. The molecule has 0 fully saturated rings. The molecule has 0 saturated carbocycles. The number of rotatable bonds is 5. The molecule has 1 amide bonds. The number of hydrazine groups is 1. The average molecular weight is 174 g/mol. The zero-order chi connectivity index (χ0) is 9.56. The van der Waals surface area contributed by atoms with Gasteiger partial charge in [0.2, 0.25) is 5.91 Å².